The number of rotatable bonds is 4. The molecule has 0 unspecified atom stereocenters. The third-order valence-electron chi connectivity index (χ3n) is 2.48. The van der Waals surface area contributed by atoms with Gasteiger partial charge in [-0.2, -0.15) is 0 Å². The Labute approximate surface area is 140 Å². The zero-order chi connectivity index (χ0) is 15.6. The third kappa shape index (κ3) is 4.34. The van der Waals surface area contributed by atoms with E-state index in [2.05, 4.69) is 5.32 Å². The molecule has 1 aromatic heterocycles. The summed E-state index contributed by atoms with van der Waals surface area (Å²) in [6.07, 6.45) is 0. The van der Waals surface area contributed by atoms with Gasteiger partial charge in [0.15, 0.2) is 0 Å². The SMILES string of the molecule is O=C(NCc1ccc(S(=O)(=O)Cl)s1)c1ccc(Cl)c(Cl)c1. The van der Waals surface area contributed by atoms with Crippen LogP contribution in [0.2, 0.25) is 10.0 Å². The number of hydrogen-bond acceptors (Lipinski definition) is 4. The van der Waals surface area contributed by atoms with Gasteiger partial charge in [-0.3, -0.25) is 4.79 Å². The summed E-state index contributed by atoms with van der Waals surface area (Å²) in [6.45, 7) is 0.191. The van der Waals surface area contributed by atoms with Gasteiger partial charge in [-0.15, -0.1) is 11.3 Å². The first-order valence-corrected chi connectivity index (χ1v) is 9.42. The quantitative estimate of drug-likeness (QED) is 0.813. The van der Waals surface area contributed by atoms with Crippen LogP contribution in [0, 0.1) is 0 Å². The summed E-state index contributed by atoms with van der Waals surface area (Å²) in [7, 11) is 1.49. The number of hydrogen-bond donors (Lipinski definition) is 1. The van der Waals surface area contributed by atoms with E-state index in [4.69, 9.17) is 33.9 Å². The van der Waals surface area contributed by atoms with E-state index in [-0.39, 0.29) is 21.7 Å². The van der Waals surface area contributed by atoms with Crippen LogP contribution in [-0.2, 0) is 15.6 Å². The van der Waals surface area contributed by atoms with Crippen molar-refractivity contribution in [1.29, 1.82) is 0 Å². The lowest BCUT2D eigenvalue weighted by Gasteiger charge is -2.04. The van der Waals surface area contributed by atoms with Crippen molar-refractivity contribution in [2.75, 3.05) is 0 Å². The largest absolute Gasteiger partial charge is 0.347 e. The normalized spacial score (nSPS) is 11.4. The summed E-state index contributed by atoms with van der Waals surface area (Å²) in [4.78, 5) is 12.6. The van der Waals surface area contributed by atoms with Gasteiger partial charge in [-0.1, -0.05) is 23.2 Å². The lowest BCUT2D eigenvalue weighted by molar-refractivity contribution is 0.0951. The molecule has 1 amide bonds. The van der Waals surface area contributed by atoms with Crippen molar-refractivity contribution < 1.29 is 13.2 Å². The topological polar surface area (TPSA) is 63.2 Å². The summed E-state index contributed by atoms with van der Waals surface area (Å²) >= 11 is 12.6. The molecule has 1 aromatic carbocycles. The Morgan fingerprint density at radius 2 is 1.86 bits per heavy atom. The van der Waals surface area contributed by atoms with Gasteiger partial charge >= 0.3 is 0 Å². The third-order valence-corrected chi connectivity index (χ3v) is 6.40. The fraction of sp³-hybridized carbons (Fsp3) is 0.0833. The van der Waals surface area contributed by atoms with E-state index in [9.17, 15) is 13.2 Å². The molecule has 0 fully saturated rings. The second-order valence-corrected chi connectivity index (χ2v) is 8.75. The summed E-state index contributed by atoms with van der Waals surface area (Å²) < 4.78 is 22.3. The first-order valence-electron chi connectivity index (χ1n) is 5.54. The number of halogens is 3. The van der Waals surface area contributed by atoms with Gasteiger partial charge in [0.05, 0.1) is 16.6 Å². The van der Waals surface area contributed by atoms with Crippen molar-refractivity contribution in [1.82, 2.24) is 5.32 Å². The molecule has 4 nitrogen and oxygen atoms in total. The molecule has 2 aromatic rings. The number of thiophene rings is 1. The number of carbonyl (C=O) groups excluding carboxylic acids is 1. The van der Waals surface area contributed by atoms with E-state index in [1.165, 1.54) is 18.2 Å². The maximum absolute atomic E-state index is 11.9. The smallest absolute Gasteiger partial charge is 0.270 e. The van der Waals surface area contributed by atoms with E-state index >= 15 is 0 Å². The predicted molar refractivity (Wildman–Crippen MR) is 85.0 cm³/mol. The monoisotopic (exact) mass is 383 g/mol. The number of benzene rings is 1. The molecule has 1 heterocycles. The Morgan fingerprint density at radius 1 is 1.14 bits per heavy atom. The van der Waals surface area contributed by atoms with Crippen LogP contribution >= 0.6 is 45.2 Å². The Morgan fingerprint density at radius 3 is 2.43 bits per heavy atom. The van der Waals surface area contributed by atoms with Gasteiger partial charge in [0.2, 0.25) is 0 Å². The van der Waals surface area contributed by atoms with Crippen LogP contribution in [0.4, 0.5) is 0 Å². The second-order valence-electron chi connectivity index (χ2n) is 3.97. The molecular weight excluding hydrogens is 377 g/mol. The summed E-state index contributed by atoms with van der Waals surface area (Å²) in [5.41, 5.74) is 0.367. The van der Waals surface area contributed by atoms with Gasteiger partial charge in [0, 0.05) is 21.1 Å². The van der Waals surface area contributed by atoms with Gasteiger partial charge in [-0.25, -0.2) is 8.42 Å². The Hall–Kier alpha value is -0.790. The molecule has 0 saturated carbocycles. The van der Waals surface area contributed by atoms with Crippen molar-refractivity contribution in [3.63, 3.8) is 0 Å². The van der Waals surface area contributed by atoms with Crippen molar-refractivity contribution >= 4 is 60.2 Å². The van der Waals surface area contributed by atoms with Crippen molar-refractivity contribution in [2.24, 2.45) is 0 Å². The molecule has 0 spiro atoms. The molecule has 0 atom stereocenters. The van der Waals surface area contributed by atoms with Crippen molar-refractivity contribution in [2.45, 2.75) is 10.8 Å². The second kappa shape index (κ2) is 6.54. The average Bonchev–Trinajstić information content (AvgIpc) is 2.88. The van der Waals surface area contributed by atoms with Gasteiger partial charge in [0.25, 0.3) is 15.0 Å². The van der Waals surface area contributed by atoms with E-state index in [0.717, 1.165) is 11.3 Å². The number of carbonyl (C=O) groups is 1. The Bertz CT molecular complexity index is 787. The summed E-state index contributed by atoms with van der Waals surface area (Å²) in [5.74, 6) is -0.336. The highest BCUT2D eigenvalue weighted by molar-refractivity contribution is 8.15. The zero-order valence-electron chi connectivity index (χ0n) is 10.3. The first-order chi connectivity index (χ1) is 9.77. The molecule has 0 bridgehead atoms. The minimum Gasteiger partial charge on any atom is -0.347 e. The average molecular weight is 385 g/mol. The fourth-order valence-corrected chi connectivity index (χ4v) is 3.85. The van der Waals surface area contributed by atoms with E-state index in [1.54, 1.807) is 12.1 Å². The summed E-state index contributed by atoms with van der Waals surface area (Å²) in [6, 6.07) is 7.53. The zero-order valence-corrected chi connectivity index (χ0v) is 14.2. The molecule has 9 heteroatoms. The van der Waals surface area contributed by atoms with Crippen LogP contribution in [0.1, 0.15) is 15.2 Å². The van der Waals surface area contributed by atoms with Gasteiger partial charge < -0.3 is 5.32 Å². The van der Waals surface area contributed by atoms with Crippen LogP contribution in [0.3, 0.4) is 0 Å². The molecule has 0 aliphatic heterocycles. The Balaban J connectivity index is 2.04. The van der Waals surface area contributed by atoms with Crippen LogP contribution < -0.4 is 5.32 Å². The van der Waals surface area contributed by atoms with Crippen molar-refractivity contribution in [3.8, 4) is 0 Å². The minimum atomic E-state index is -3.74. The van der Waals surface area contributed by atoms with Crippen LogP contribution in [0.5, 0.6) is 0 Å². The van der Waals surface area contributed by atoms with Crippen LogP contribution in [0.15, 0.2) is 34.5 Å². The van der Waals surface area contributed by atoms with Gasteiger partial charge in [-0.05, 0) is 30.3 Å². The maximum atomic E-state index is 11.9. The molecule has 21 heavy (non-hydrogen) atoms. The summed E-state index contributed by atoms with van der Waals surface area (Å²) in [5, 5.41) is 3.31. The van der Waals surface area contributed by atoms with E-state index in [1.807, 2.05) is 0 Å². The standard InChI is InChI=1S/C12H8Cl3NO3S2/c13-9-3-1-7(5-10(9)14)12(17)16-6-8-2-4-11(20-8)21(15,18)19/h1-5H,6H2,(H,16,17). The molecule has 0 aliphatic carbocycles. The van der Waals surface area contributed by atoms with Crippen LogP contribution in [0.25, 0.3) is 0 Å². The lowest BCUT2D eigenvalue weighted by atomic mass is 10.2. The molecule has 0 saturated heterocycles. The number of amides is 1. The van der Waals surface area contributed by atoms with Gasteiger partial charge in [0.1, 0.15) is 4.21 Å². The lowest BCUT2D eigenvalue weighted by Crippen LogP contribution is -2.22. The van der Waals surface area contributed by atoms with Crippen molar-refractivity contribution in [3.05, 3.63) is 50.8 Å². The maximum Gasteiger partial charge on any atom is 0.270 e. The predicted octanol–water partition coefficient (Wildman–Crippen LogP) is 3.91. The van der Waals surface area contributed by atoms with Crippen LogP contribution in [-0.4, -0.2) is 14.3 Å². The molecule has 0 radical (unpaired) electrons. The first kappa shape index (κ1) is 16.6. The molecule has 112 valence electrons. The van der Waals surface area contributed by atoms with E-state index in [0.29, 0.717) is 15.5 Å². The number of nitrogens with one attached hydrogen (secondary N) is 1. The fourth-order valence-electron chi connectivity index (χ4n) is 1.49. The molecular formula is C12H8Cl3NO3S2. The Kier molecular flexibility index (Phi) is 5.16. The molecule has 2 rings (SSSR count). The van der Waals surface area contributed by atoms with E-state index < -0.39 is 9.05 Å². The molecule has 1 N–H and O–H groups in total. The minimum absolute atomic E-state index is 0.0444. The highest BCUT2D eigenvalue weighted by Crippen LogP contribution is 2.25. The highest BCUT2D eigenvalue weighted by atomic mass is 35.7. The highest BCUT2D eigenvalue weighted by Gasteiger charge is 2.14. The molecule has 0 aliphatic rings.